The first-order valence-corrected chi connectivity index (χ1v) is 13.4. The predicted octanol–water partition coefficient (Wildman–Crippen LogP) is 4.12. The Morgan fingerprint density at radius 1 is 1.00 bits per heavy atom. The quantitative estimate of drug-likeness (QED) is 0.565. The molecule has 0 bridgehead atoms. The van der Waals surface area contributed by atoms with E-state index in [0.717, 1.165) is 12.1 Å². The topological polar surface area (TPSA) is 70.2 Å². The number of benzene rings is 2. The maximum Gasteiger partial charge on any atom is 0.416 e. The van der Waals surface area contributed by atoms with Crippen LogP contribution in [0.5, 0.6) is 5.75 Å². The molecule has 196 valence electrons. The van der Waals surface area contributed by atoms with E-state index >= 15 is 0 Å². The monoisotopic (exact) mass is 545 g/mol. The summed E-state index contributed by atoms with van der Waals surface area (Å²) in [5.41, 5.74) is -0.220. The van der Waals surface area contributed by atoms with Crippen LogP contribution in [0.2, 0.25) is 5.02 Å². The van der Waals surface area contributed by atoms with E-state index < -0.39 is 21.8 Å². The lowest BCUT2D eigenvalue weighted by Gasteiger charge is -2.39. The van der Waals surface area contributed by atoms with Crippen molar-refractivity contribution in [2.45, 2.75) is 23.9 Å². The number of rotatable bonds is 5. The highest BCUT2D eigenvalue weighted by atomic mass is 35.5. The number of piperidine rings is 1. The number of anilines is 1. The van der Waals surface area contributed by atoms with Gasteiger partial charge in [0, 0.05) is 55.9 Å². The van der Waals surface area contributed by atoms with E-state index in [1.54, 1.807) is 17.0 Å². The van der Waals surface area contributed by atoms with E-state index in [-0.39, 0.29) is 40.6 Å². The molecule has 0 atom stereocenters. The number of carbonyl (C=O) groups excluding carboxylic acids is 1. The SMILES string of the molecule is COc1ccc(Cl)cc1S(=O)(=O)N1CCC(C(=O)N2CCN(c3cccc(C(F)(F)F)c3)CC2)CC1. The molecular weight excluding hydrogens is 519 g/mol. The number of carbonyl (C=O) groups is 1. The molecule has 4 rings (SSSR count). The maximum atomic E-state index is 13.2. The van der Waals surface area contributed by atoms with Gasteiger partial charge < -0.3 is 14.5 Å². The molecule has 0 aromatic heterocycles. The van der Waals surface area contributed by atoms with Crippen molar-refractivity contribution in [1.29, 1.82) is 0 Å². The molecule has 0 N–H and O–H groups in total. The van der Waals surface area contributed by atoms with E-state index in [1.807, 2.05) is 4.90 Å². The summed E-state index contributed by atoms with van der Waals surface area (Å²) in [7, 11) is -2.45. The zero-order valence-electron chi connectivity index (χ0n) is 19.7. The molecule has 0 unspecified atom stereocenters. The Bertz CT molecular complexity index is 1210. The number of piperazine rings is 1. The van der Waals surface area contributed by atoms with Crippen LogP contribution in [0.1, 0.15) is 18.4 Å². The average molecular weight is 546 g/mol. The van der Waals surface area contributed by atoms with Crippen molar-refractivity contribution in [3.63, 3.8) is 0 Å². The number of hydrogen-bond donors (Lipinski definition) is 0. The van der Waals surface area contributed by atoms with E-state index in [9.17, 15) is 26.4 Å². The van der Waals surface area contributed by atoms with Gasteiger partial charge >= 0.3 is 6.18 Å². The first-order valence-electron chi connectivity index (χ1n) is 11.6. The molecule has 12 heteroatoms. The lowest BCUT2D eigenvalue weighted by Crippen LogP contribution is -2.52. The summed E-state index contributed by atoms with van der Waals surface area (Å²) in [6.45, 7) is 2.03. The number of hydrogen-bond acceptors (Lipinski definition) is 5. The number of nitrogens with zero attached hydrogens (tertiary/aromatic N) is 3. The largest absolute Gasteiger partial charge is 0.495 e. The first kappa shape index (κ1) is 26.6. The van der Waals surface area contributed by atoms with Crippen LogP contribution >= 0.6 is 11.6 Å². The molecule has 2 heterocycles. The standard InChI is InChI=1S/C24H27ClF3N3O4S/c1-35-21-6-5-19(25)16-22(21)36(33,34)31-9-7-17(8-10-31)23(32)30-13-11-29(12-14-30)20-4-2-3-18(15-20)24(26,27)28/h2-6,15-17H,7-14H2,1H3. The highest BCUT2D eigenvalue weighted by Crippen LogP contribution is 2.33. The van der Waals surface area contributed by atoms with Crippen molar-refractivity contribution in [3.05, 3.63) is 53.1 Å². The van der Waals surface area contributed by atoms with Crippen LogP contribution in [0.15, 0.2) is 47.4 Å². The fraction of sp³-hybridized carbons (Fsp3) is 0.458. The molecule has 0 radical (unpaired) electrons. The summed E-state index contributed by atoms with van der Waals surface area (Å²) in [6.07, 6.45) is -3.64. The molecule has 0 saturated carbocycles. The van der Waals surface area contributed by atoms with Crippen LogP contribution in [0.25, 0.3) is 0 Å². The van der Waals surface area contributed by atoms with Gasteiger partial charge in [0.05, 0.1) is 12.7 Å². The lowest BCUT2D eigenvalue weighted by atomic mass is 9.96. The zero-order valence-corrected chi connectivity index (χ0v) is 21.2. The summed E-state index contributed by atoms with van der Waals surface area (Å²) in [5, 5.41) is 0.281. The molecule has 7 nitrogen and oxygen atoms in total. The minimum Gasteiger partial charge on any atom is -0.495 e. The van der Waals surface area contributed by atoms with Crippen LogP contribution < -0.4 is 9.64 Å². The van der Waals surface area contributed by atoms with Gasteiger partial charge in [-0.2, -0.15) is 17.5 Å². The Labute approximate surface area is 213 Å². The van der Waals surface area contributed by atoms with Crippen molar-refractivity contribution in [3.8, 4) is 5.75 Å². The molecular formula is C24H27ClF3N3O4S. The minimum absolute atomic E-state index is 0.00649. The van der Waals surface area contributed by atoms with Crippen molar-refractivity contribution >= 4 is 33.2 Å². The molecule has 2 fully saturated rings. The number of sulfonamides is 1. The molecule has 2 aliphatic heterocycles. The van der Waals surface area contributed by atoms with Crippen molar-refractivity contribution in [1.82, 2.24) is 9.21 Å². The highest BCUT2D eigenvalue weighted by molar-refractivity contribution is 7.89. The summed E-state index contributed by atoms with van der Waals surface area (Å²) >= 11 is 6.00. The summed E-state index contributed by atoms with van der Waals surface area (Å²) in [5.74, 6) is -0.148. The van der Waals surface area contributed by atoms with Crippen LogP contribution in [-0.4, -0.2) is 69.9 Å². The third-order valence-electron chi connectivity index (χ3n) is 6.68. The van der Waals surface area contributed by atoms with Gasteiger partial charge in [-0.1, -0.05) is 17.7 Å². The smallest absolute Gasteiger partial charge is 0.416 e. The van der Waals surface area contributed by atoms with E-state index in [4.69, 9.17) is 16.3 Å². The fourth-order valence-electron chi connectivity index (χ4n) is 4.66. The average Bonchev–Trinajstić information content (AvgIpc) is 2.88. The summed E-state index contributed by atoms with van der Waals surface area (Å²) < 4.78 is 72.0. The second-order valence-corrected chi connectivity index (χ2v) is 11.2. The van der Waals surface area contributed by atoms with Crippen molar-refractivity contribution in [2.24, 2.45) is 5.92 Å². The normalized spacial score (nSPS) is 18.4. The van der Waals surface area contributed by atoms with Gasteiger partial charge in [0.15, 0.2) is 0 Å². The van der Waals surface area contributed by atoms with Gasteiger partial charge in [0.2, 0.25) is 15.9 Å². The van der Waals surface area contributed by atoms with E-state index in [2.05, 4.69) is 0 Å². The van der Waals surface area contributed by atoms with Gasteiger partial charge in [0.1, 0.15) is 10.6 Å². The van der Waals surface area contributed by atoms with Crippen molar-refractivity contribution in [2.75, 3.05) is 51.3 Å². The van der Waals surface area contributed by atoms with E-state index in [0.29, 0.717) is 44.7 Å². The third-order valence-corrected chi connectivity index (χ3v) is 8.83. The number of ether oxygens (including phenoxy) is 1. The fourth-order valence-corrected chi connectivity index (χ4v) is 6.54. The Kier molecular flexibility index (Phi) is 7.72. The van der Waals surface area contributed by atoms with Gasteiger partial charge in [-0.25, -0.2) is 8.42 Å². The molecule has 0 spiro atoms. The van der Waals surface area contributed by atoms with E-state index in [1.165, 1.54) is 29.6 Å². The second-order valence-electron chi connectivity index (χ2n) is 8.83. The molecule has 36 heavy (non-hydrogen) atoms. The maximum absolute atomic E-state index is 13.2. The zero-order chi connectivity index (χ0) is 26.1. The lowest BCUT2D eigenvalue weighted by molar-refractivity contribution is -0.137. The number of amides is 1. The van der Waals surface area contributed by atoms with Gasteiger partial charge in [-0.15, -0.1) is 0 Å². The number of alkyl halides is 3. The second kappa shape index (κ2) is 10.5. The highest BCUT2D eigenvalue weighted by Gasteiger charge is 2.36. The number of methoxy groups -OCH3 is 1. The molecule has 2 aromatic carbocycles. The Morgan fingerprint density at radius 2 is 1.67 bits per heavy atom. The van der Waals surface area contributed by atoms with Gasteiger partial charge in [-0.05, 0) is 49.2 Å². The molecule has 2 saturated heterocycles. The molecule has 1 amide bonds. The molecule has 0 aliphatic carbocycles. The molecule has 2 aromatic rings. The molecule has 2 aliphatic rings. The summed E-state index contributed by atoms with van der Waals surface area (Å²) in [6, 6.07) is 9.60. The number of halogens is 4. The minimum atomic E-state index is -4.41. The van der Waals surface area contributed by atoms with Gasteiger partial charge in [-0.3, -0.25) is 4.79 Å². The van der Waals surface area contributed by atoms with Gasteiger partial charge in [0.25, 0.3) is 0 Å². The summed E-state index contributed by atoms with van der Waals surface area (Å²) in [4.78, 5) is 16.7. The third kappa shape index (κ3) is 5.57. The van der Waals surface area contributed by atoms with Crippen molar-refractivity contribution < 1.29 is 31.1 Å². The van der Waals surface area contributed by atoms with Crippen LogP contribution in [-0.2, 0) is 21.0 Å². The Morgan fingerprint density at radius 3 is 2.28 bits per heavy atom. The van der Waals surface area contributed by atoms with Crippen LogP contribution in [0, 0.1) is 5.92 Å². The first-order chi connectivity index (χ1) is 17.0. The van der Waals surface area contributed by atoms with Crippen LogP contribution in [0.4, 0.5) is 18.9 Å². The van der Waals surface area contributed by atoms with Crippen LogP contribution in [0.3, 0.4) is 0 Å². The Hall–Kier alpha value is -2.50. The Balaban J connectivity index is 1.34. The predicted molar refractivity (Wildman–Crippen MR) is 130 cm³/mol.